The molecule has 1 aliphatic rings. The minimum absolute atomic E-state index is 0.103. The first kappa shape index (κ1) is 19.8. The number of hydrogen-bond acceptors (Lipinski definition) is 1. The van der Waals surface area contributed by atoms with E-state index in [9.17, 15) is 9.90 Å². The zero-order chi connectivity index (χ0) is 18.7. The van der Waals surface area contributed by atoms with E-state index in [0.717, 1.165) is 24.8 Å². The second kappa shape index (κ2) is 7.76. The summed E-state index contributed by atoms with van der Waals surface area (Å²) in [6, 6.07) is 6.32. The molecule has 1 aliphatic carbocycles. The first-order valence-electron chi connectivity index (χ1n) is 9.78. The summed E-state index contributed by atoms with van der Waals surface area (Å²) in [5.74, 6) is -0.816. The van der Waals surface area contributed by atoms with Gasteiger partial charge in [-0.05, 0) is 53.2 Å². The molecule has 0 aromatic heterocycles. The lowest BCUT2D eigenvalue weighted by atomic mass is 9.63. The van der Waals surface area contributed by atoms with Crippen LogP contribution in [0.4, 0.5) is 0 Å². The van der Waals surface area contributed by atoms with E-state index < -0.39 is 5.97 Å². The number of benzene rings is 1. The zero-order valence-electron chi connectivity index (χ0n) is 16.6. The van der Waals surface area contributed by atoms with Gasteiger partial charge in [-0.2, -0.15) is 0 Å². The molecule has 0 radical (unpaired) electrons. The Morgan fingerprint density at radius 2 is 1.68 bits per heavy atom. The van der Waals surface area contributed by atoms with Gasteiger partial charge in [0, 0.05) is 0 Å². The van der Waals surface area contributed by atoms with Crippen molar-refractivity contribution in [1.82, 2.24) is 0 Å². The highest BCUT2D eigenvalue weighted by molar-refractivity contribution is 6.15. The van der Waals surface area contributed by atoms with E-state index in [1.807, 2.05) is 12.1 Å². The van der Waals surface area contributed by atoms with Crippen LogP contribution in [-0.4, -0.2) is 11.1 Å². The molecule has 2 rings (SSSR count). The Balaban J connectivity index is 2.34. The van der Waals surface area contributed by atoms with Crippen LogP contribution in [0.3, 0.4) is 0 Å². The molecule has 0 saturated carbocycles. The maximum atomic E-state index is 11.8. The van der Waals surface area contributed by atoms with E-state index >= 15 is 0 Å². The molecule has 0 atom stereocenters. The maximum absolute atomic E-state index is 11.8. The van der Waals surface area contributed by atoms with Crippen molar-refractivity contribution < 1.29 is 9.90 Å². The van der Waals surface area contributed by atoms with Gasteiger partial charge in [0.2, 0.25) is 0 Å². The van der Waals surface area contributed by atoms with Gasteiger partial charge < -0.3 is 5.11 Å². The highest BCUT2D eigenvalue weighted by Crippen LogP contribution is 2.46. The second-order valence-electron chi connectivity index (χ2n) is 8.80. The number of carboxylic acid groups (broad SMARTS) is 1. The van der Waals surface area contributed by atoms with Crippen LogP contribution >= 0.6 is 0 Å². The smallest absolute Gasteiger partial charge is 0.335 e. The third kappa shape index (κ3) is 4.54. The lowest BCUT2D eigenvalue weighted by Crippen LogP contribution is -2.33. The third-order valence-corrected chi connectivity index (χ3v) is 5.80. The van der Waals surface area contributed by atoms with E-state index in [1.54, 1.807) is 0 Å². The van der Waals surface area contributed by atoms with Gasteiger partial charge in [0.15, 0.2) is 0 Å². The topological polar surface area (TPSA) is 37.3 Å². The van der Waals surface area contributed by atoms with Crippen LogP contribution in [0.5, 0.6) is 0 Å². The van der Waals surface area contributed by atoms with Gasteiger partial charge in [0.1, 0.15) is 0 Å². The summed E-state index contributed by atoms with van der Waals surface area (Å²) in [6.45, 7) is 11.3. The molecule has 1 N–H and O–H groups in total. The van der Waals surface area contributed by atoms with Crippen molar-refractivity contribution in [3.63, 3.8) is 0 Å². The fourth-order valence-corrected chi connectivity index (χ4v) is 3.90. The Morgan fingerprint density at radius 3 is 2.28 bits per heavy atom. The Bertz CT molecular complexity index is 650. The largest absolute Gasteiger partial charge is 0.478 e. The van der Waals surface area contributed by atoms with Gasteiger partial charge in [-0.15, -0.1) is 0 Å². The van der Waals surface area contributed by atoms with Crippen LogP contribution in [-0.2, 0) is 15.6 Å². The molecule has 1 aromatic rings. The summed E-state index contributed by atoms with van der Waals surface area (Å²) in [4.78, 5) is 11.8. The summed E-state index contributed by atoms with van der Waals surface area (Å²) >= 11 is 0. The number of rotatable bonds is 7. The summed E-state index contributed by atoms with van der Waals surface area (Å²) in [5, 5.41) is 9.70. The molecule has 0 bridgehead atoms. The molecule has 2 heteroatoms. The molecule has 2 nitrogen and oxygen atoms in total. The highest BCUT2D eigenvalue weighted by atomic mass is 16.4. The van der Waals surface area contributed by atoms with Crippen molar-refractivity contribution in [3.05, 3.63) is 41.0 Å². The molecule has 0 heterocycles. The number of aliphatic carboxylic acids is 1. The second-order valence-corrected chi connectivity index (χ2v) is 8.80. The minimum atomic E-state index is -0.816. The molecule has 0 aliphatic heterocycles. The van der Waals surface area contributed by atoms with Crippen LogP contribution in [0.25, 0.3) is 5.57 Å². The van der Waals surface area contributed by atoms with Crippen molar-refractivity contribution in [2.75, 3.05) is 0 Å². The summed E-state index contributed by atoms with van der Waals surface area (Å²) in [5.41, 5.74) is 4.27. The van der Waals surface area contributed by atoms with E-state index in [0.29, 0.717) is 5.57 Å². The number of carboxylic acids is 1. The molecule has 0 saturated heterocycles. The fraction of sp³-hybridized carbons (Fsp3) is 0.609. The predicted octanol–water partition coefficient (Wildman–Crippen LogP) is 6.47. The molecule has 0 unspecified atom stereocenters. The molecular formula is C23H34O2. The Morgan fingerprint density at radius 1 is 1.04 bits per heavy atom. The van der Waals surface area contributed by atoms with Gasteiger partial charge in [-0.3, -0.25) is 0 Å². The van der Waals surface area contributed by atoms with E-state index in [1.165, 1.54) is 36.8 Å². The van der Waals surface area contributed by atoms with Crippen molar-refractivity contribution in [2.24, 2.45) is 0 Å². The lowest BCUT2D eigenvalue weighted by Gasteiger charge is -2.42. The molecule has 0 fully saturated rings. The van der Waals surface area contributed by atoms with E-state index in [-0.39, 0.29) is 10.8 Å². The fourth-order valence-electron chi connectivity index (χ4n) is 3.90. The number of fused-ring (bicyclic) bond motifs is 1. The van der Waals surface area contributed by atoms with Crippen LogP contribution in [0, 0.1) is 0 Å². The molecule has 1 aromatic carbocycles. The molecule has 0 spiro atoms. The molecule has 25 heavy (non-hydrogen) atoms. The van der Waals surface area contributed by atoms with Crippen molar-refractivity contribution >= 4 is 11.5 Å². The monoisotopic (exact) mass is 342 g/mol. The van der Waals surface area contributed by atoms with Gasteiger partial charge >= 0.3 is 5.97 Å². The average Bonchev–Trinajstić information content (AvgIpc) is 2.55. The number of unbranched alkanes of at least 4 members (excludes halogenated alkanes) is 4. The Kier molecular flexibility index (Phi) is 6.13. The number of allylic oxidation sites excluding steroid dienone is 1. The number of carbonyl (C=O) groups is 1. The van der Waals surface area contributed by atoms with Crippen molar-refractivity contribution in [1.29, 1.82) is 0 Å². The van der Waals surface area contributed by atoms with Crippen LogP contribution in [0.15, 0.2) is 24.3 Å². The van der Waals surface area contributed by atoms with Crippen molar-refractivity contribution in [2.45, 2.75) is 90.4 Å². The Labute approximate surface area is 153 Å². The summed E-state index contributed by atoms with van der Waals surface area (Å²) < 4.78 is 0. The lowest BCUT2D eigenvalue weighted by molar-refractivity contribution is -0.130. The van der Waals surface area contributed by atoms with Gasteiger partial charge in [0.25, 0.3) is 0 Å². The average molecular weight is 343 g/mol. The number of hydrogen-bond donors (Lipinski definition) is 1. The van der Waals surface area contributed by atoms with Gasteiger partial charge in [-0.1, -0.05) is 78.2 Å². The molecule has 0 amide bonds. The quantitative estimate of drug-likeness (QED) is 0.455. The molecule has 138 valence electrons. The third-order valence-electron chi connectivity index (χ3n) is 5.80. The van der Waals surface area contributed by atoms with Crippen LogP contribution < -0.4 is 0 Å². The van der Waals surface area contributed by atoms with Gasteiger partial charge in [-0.25, -0.2) is 4.79 Å². The van der Waals surface area contributed by atoms with Crippen LogP contribution in [0.2, 0.25) is 0 Å². The van der Waals surface area contributed by atoms with Crippen molar-refractivity contribution in [3.8, 4) is 0 Å². The van der Waals surface area contributed by atoms with Crippen LogP contribution in [0.1, 0.15) is 96.3 Å². The van der Waals surface area contributed by atoms with E-state index in [2.05, 4.69) is 46.8 Å². The summed E-state index contributed by atoms with van der Waals surface area (Å²) in [6.07, 6.45) is 9.72. The SMILES string of the molecule is CCCCCCC=C(C(=O)O)c1ccc2c(c1)C(C)(C)CCC2(C)C. The normalized spacial score (nSPS) is 18.7. The zero-order valence-corrected chi connectivity index (χ0v) is 16.6. The Hall–Kier alpha value is -1.57. The standard InChI is InChI=1S/C23H34O2/c1-6-7-8-9-10-11-18(21(24)25)17-12-13-19-20(16-17)23(4,5)15-14-22(19,2)3/h11-13,16H,6-10,14-15H2,1-5H3,(H,24,25). The first-order valence-corrected chi connectivity index (χ1v) is 9.78. The minimum Gasteiger partial charge on any atom is -0.478 e. The predicted molar refractivity (Wildman–Crippen MR) is 106 cm³/mol. The van der Waals surface area contributed by atoms with E-state index in [4.69, 9.17) is 0 Å². The maximum Gasteiger partial charge on any atom is 0.335 e. The highest BCUT2D eigenvalue weighted by Gasteiger charge is 2.37. The van der Waals surface area contributed by atoms with Gasteiger partial charge in [0.05, 0.1) is 5.57 Å². The first-order chi connectivity index (χ1) is 11.7. The summed E-state index contributed by atoms with van der Waals surface area (Å²) in [7, 11) is 0. The molecular weight excluding hydrogens is 308 g/mol.